The van der Waals surface area contributed by atoms with Crippen molar-refractivity contribution in [2.24, 2.45) is 0 Å². The Hall–Kier alpha value is -2.28. The van der Waals surface area contributed by atoms with Gasteiger partial charge in [0.2, 0.25) is 0 Å². The minimum absolute atomic E-state index is 0.0743. The van der Waals surface area contributed by atoms with Crippen molar-refractivity contribution >= 4 is 5.91 Å². The van der Waals surface area contributed by atoms with E-state index in [0.717, 1.165) is 62.1 Å². The number of carbonyl (C=O) groups excluding carboxylic acids is 1. The Morgan fingerprint density at radius 1 is 1.31 bits per heavy atom. The number of nitrogens with zero attached hydrogens (tertiary/aromatic N) is 3. The summed E-state index contributed by atoms with van der Waals surface area (Å²) in [6.07, 6.45) is 4.52. The predicted octanol–water partition coefficient (Wildman–Crippen LogP) is 2.89. The van der Waals surface area contributed by atoms with Crippen LogP contribution >= 0.6 is 0 Å². The van der Waals surface area contributed by atoms with Crippen LogP contribution in [0, 0.1) is 11.6 Å². The van der Waals surface area contributed by atoms with Gasteiger partial charge in [0.1, 0.15) is 0 Å². The number of rotatable bonds is 4. The molecule has 1 aromatic heterocycles. The molecule has 138 valence electrons. The molecule has 0 spiro atoms. The molecule has 0 radical (unpaired) electrons. The first-order valence-corrected chi connectivity index (χ1v) is 8.98. The molecule has 7 heteroatoms. The van der Waals surface area contributed by atoms with E-state index in [1.54, 1.807) is 16.6 Å². The summed E-state index contributed by atoms with van der Waals surface area (Å²) in [6.45, 7) is 1.28. The normalized spacial score (nSPS) is 19.0. The number of benzene rings is 1. The van der Waals surface area contributed by atoms with E-state index >= 15 is 0 Å². The maximum absolute atomic E-state index is 13.6. The van der Waals surface area contributed by atoms with Gasteiger partial charge in [0.15, 0.2) is 17.3 Å². The van der Waals surface area contributed by atoms with Crippen LogP contribution in [0.4, 0.5) is 8.78 Å². The maximum Gasteiger partial charge on any atom is 0.274 e. The van der Waals surface area contributed by atoms with Crippen LogP contribution in [0.25, 0.3) is 5.69 Å². The fraction of sp³-hybridized carbons (Fsp3) is 0.474. The lowest BCUT2D eigenvalue weighted by Crippen LogP contribution is -2.34. The van der Waals surface area contributed by atoms with Crippen LogP contribution in [-0.2, 0) is 17.6 Å². The molecular weight excluding hydrogens is 340 g/mol. The molecule has 2 aromatic rings. The van der Waals surface area contributed by atoms with Crippen molar-refractivity contribution in [3.8, 4) is 5.69 Å². The number of likely N-dealkylation sites (N-methyl/N-ethyl adjacent to an activating group) is 1. The number of aromatic nitrogens is 2. The second-order valence-corrected chi connectivity index (χ2v) is 6.96. The molecule has 0 N–H and O–H groups in total. The first-order valence-electron chi connectivity index (χ1n) is 8.98. The lowest BCUT2D eigenvalue weighted by molar-refractivity contribution is 0.0581. The number of hydrogen-bond donors (Lipinski definition) is 0. The molecule has 4 rings (SSSR count). The van der Waals surface area contributed by atoms with Crippen molar-refractivity contribution < 1.29 is 18.3 Å². The van der Waals surface area contributed by atoms with Gasteiger partial charge in [-0.2, -0.15) is 5.10 Å². The molecule has 1 aliphatic carbocycles. The predicted molar refractivity (Wildman–Crippen MR) is 91.4 cm³/mol. The van der Waals surface area contributed by atoms with Crippen molar-refractivity contribution in [2.45, 2.75) is 38.2 Å². The van der Waals surface area contributed by atoms with Gasteiger partial charge in [0, 0.05) is 37.5 Å². The van der Waals surface area contributed by atoms with Crippen LogP contribution in [0.15, 0.2) is 18.2 Å². The van der Waals surface area contributed by atoms with E-state index in [2.05, 4.69) is 5.10 Å². The number of amides is 1. The van der Waals surface area contributed by atoms with E-state index in [9.17, 15) is 13.6 Å². The monoisotopic (exact) mass is 361 g/mol. The highest BCUT2D eigenvalue weighted by molar-refractivity contribution is 5.94. The minimum atomic E-state index is -0.923. The van der Waals surface area contributed by atoms with Crippen LogP contribution in [0.1, 0.15) is 41.0 Å². The summed E-state index contributed by atoms with van der Waals surface area (Å²) in [7, 11) is 1.75. The molecule has 2 aliphatic rings. The third-order valence-corrected chi connectivity index (χ3v) is 5.13. The lowest BCUT2D eigenvalue weighted by Gasteiger charge is -2.20. The average Bonchev–Trinajstić information content (AvgIpc) is 3.34. The summed E-state index contributed by atoms with van der Waals surface area (Å²) in [4.78, 5) is 14.6. The van der Waals surface area contributed by atoms with Crippen LogP contribution in [0.2, 0.25) is 0 Å². The fourth-order valence-electron chi connectivity index (χ4n) is 3.80. The highest BCUT2D eigenvalue weighted by atomic mass is 19.2. The molecule has 0 bridgehead atoms. The minimum Gasteiger partial charge on any atom is -0.376 e. The smallest absolute Gasteiger partial charge is 0.274 e. The van der Waals surface area contributed by atoms with Gasteiger partial charge >= 0.3 is 0 Å². The molecule has 1 aliphatic heterocycles. The zero-order valence-electron chi connectivity index (χ0n) is 14.7. The molecule has 1 amide bonds. The molecule has 0 unspecified atom stereocenters. The Bertz CT molecular complexity index is 844. The Balaban J connectivity index is 1.64. The molecule has 0 saturated carbocycles. The second kappa shape index (κ2) is 6.79. The molecule has 5 nitrogen and oxygen atoms in total. The molecule has 1 atom stereocenters. The molecule has 2 heterocycles. The van der Waals surface area contributed by atoms with E-state index < -0.39 is 11.6 Å². The second-order valence-electron chi connectivity index (χ2n) is 6.96. The molecule has 1 aromatic carbocycles. The number of hydrogen-bond acceptors (Lipinski definition) is 3. The maximum atomic E-state index is 13.6. The number of fused-ring (bicyclic) bond motifs is 1. The molecule has 26 heavy (non-hydrogen) atoms. The Labute approximate surface area is 150 Å². The standard InChI is InChI=1S/C19H21F2N3O2/c1-23(11-13-4-3-9-26-13)19(25)18-14-5-2-6-17(14)24(22-18)12-7-8-15(20)16(21)10-12/h7-8,10,13H,2-6,9,11H2,1H3/t13-/m0/s1. The van der Waals surface area contributed by atoms with E-state index in [-0.39, 0.29) is 12.0 Å². The van der Waals surface area contributed by atoms with Crippen molar-refractivity contribution in [3.05, 3.63) is 46.8 Å². The van der Waals surface area contributed by atoms with Crippen LogP contribution in [0.3, 0.4) is 0 Å². The summed E-state index contributed by atoms with van der Waals surface area (Å²) >= 11 is 0. The van der Waals surface area contributed by atoms with Gasteiger partial charge in [-0.15, -0.1) is 0 Å². The number of halogens is 2. The first kappa shape index (κ1) is 17.1. The van der Waals surface area contributed by atoms with Crippen LogP contribution < -0.4 is 0 Å². The summed E-state index contributed by atoms with van der Waals surface area (Å²) in [6, 6.07) is 3.68. The van der Waals surface area contributed by atoms with Crippen LogP contribution in [0.5, 0.6) is 0 Å². The average molecular weight is 361 g/mol. The van der Waals surface area contributed by atoms with Crippen molar-refractivity contribution in [2.75, 3.05) is 20.2 Å². The first-order chi connectivity index (χ1) is 12.5. The third kappa shape index (κ3) is 3.00. The van der Waals surface area contributed by atoms with Crippen molar-refractivity contribution in [1.29, 1.82) is 0 Å². The zero-order valence-corrected chi connectivity index (χ0v) is 14.7. The van der Waals surface area contributed by atoms with E-state index in [1.165, 1.54) is 6.07 Å². The quantitative estimate of drug-likeness (QED) is 0.841. The SMILES string of the molecule is CN(C[C@@H]1CCCO1)C(=O)c1nn(-c2ccc(F)c(F)c2)c2c1CCC2. The van der Waals surface area contributed by atoms with Crippen molar-refractivity contribution in [3.63, 3.8) is 0 Å². The van der Waals surface area contributed by atoms with E-state index in [4.69, 9.17) is 4.74 Å². The van der Waals surface area contributed by atoms with Gasteiger partial charge in [-0.05, 0) is 44.2 Å². The molecule has 1 fully saturated rings. The Morgan fingerprint density at radius 3 is 2.88 bits per heavy atom. The van der Waals surface area contributed by atoms with Gasteiger partial charge in [0.05, 0.1) is 11.8 Å². The molecular formula is C19H21F2N3O2. The number of carbonyl (C=O) groups is 1. The van der Waals surface area contributed by atoms with E-state index in [0.29, 0.717) is 17.9 Å². The highest BCUT2D eigenvalue weighted by Crippen LogP contribution is 2.29. The highest BCUT2D eigenvalue weighted by Gasteiger charge is 2.30. The zero-order chi connectivity index (χ0) is 18.3. The Morgan fingerprint density at radius 2 is 2.15 bits per heavy atom. The van der Waals surface area contributed by atoms with Gasteiger partial charge in [0.25, 0.3) is 5.91 Å². The third-order valence-electron chi connectivity index (χ3n) is 5.13. The lowest BCUT2D eigenvalue weighted by atomic mass is 10.1. The summed E-state index contributed by atoms with van der Waals surface area (Å²) in [5.74, 6) is -1.97. The van der Waals surface area contributed by atoms with Gasteiger partial charge < -0.3 is 9.64 Å². The van der Waals surface area contributed by atoms with Crippen molar-refractivity contribution in [1.82, 2.24) is 14.7 Å². The molecule has 1 saturated heterocycles. The fourth-order valence-corrected chi connectivity index (χ4v) is 3.80. The largest absolute Gasteiger partial charge is 0.376 e. The van der Waals surface area contributed by atoms with Gasteiger partial charge in [-0.25, -0.2) is 13.5 Å². The van der Waals surface area contributed by atoms with E-state index in [1.807, 2.05) is 0 Å². The number of ether oxygens (including phenoxy) is 1. The van der Waals surface area contributed by atoms with Gasteiger partial charge in [-0.3, -0.25) is 4.79 Å². The topological polar surface area (TPSA) is 47.4 Å². The summed E-state index contributed by atoms with van der Waals surface area (Å²) in [5, 5.41) is 4.46. The Kier molecular flexibility index (Phi) is 4.48. The summed E-state index contributed by atoms with van der Waals surface area (Å²) < 4.78 is 34.1. The van der Waals surface area contributed by atoms with Crippen LogP contribution in [-0.4, -0.2) is 46.9 Å². The van der Waals surface area contributed by atoms with Gasteiger partial charge in [-0.1, -0.05) is 0 Å². The summed E-state index contributed by atoms with van der Waals surface area (Å²) in [5.41, 5.74) is 2.66.